The highest BCUT2D eigenvalue weighted by molar-refractivity contribution is 7.14. The molecule has 3 rings (SSSR count). The number of nitrogens with zero attached hydrogens (tertiary/aromatic N) is 1. The number of carbonyl (C=O) groups is 1. The maximum Gasteiger partial charge on any atom is 0.281 e. The maximum atomic E-state index is 12.1. The third-order valence-electron chi connectivity index (χ3n) is 3.89. The van der Waals surface area contributed by atoms with E-state index in [1.54, 1.807) is 29.7 Å². The second-order valence-corrected chi connectivity index (χ2v) is 6.43. The second-order valence-electron chi connectivity index (χ2n) is 5.29. The summed E-state index contributed by atoms with van der Waals surface area (Å²) in [5.41, 5.74) is 3.90. The van der Waals surface area contributed by atoms with Crippen LogP contribution in [0.4, 0.5) is 0 Å². The number of rotatable bonds is 4. The molecule has 2 aromatic heterocycles. The molecule has 0 aromatic carbocycles. The molecule has 0 saturated heterocycles. The molecule has 0 fully saturated rings. The van der Waals surface area contributed by atoms with Crippen LogP contribution in [0, 0.1) is 5.92 Å². The van der Waals surface area contributed by atoms with Gasteiger partial charge in [-0.05, 0) is 48.9 Å². The Bertz CT molecular complexity index is 643. The number of fused-ring (bicyclic) bond motifs is 1. The van der Waals surface area contributed by atoms with Gasteiger partial charge in [-0.1, -0.05) is 13.3 Å². The molecule has 0 aliphatic heterocycles. The van der Waals surface area contributed by atoms with E-state index < -0.39 is 0 Å². The zero-order chi connectivity index (χ0) is 14.7. The summed E-state index contributed by atoms with van der Waals surface area (Å²) >= 11 is 1.59. The fourth-order valence-corrected chi connectivity index (χ4v) is 3.73. The molecule has 2 heterocycles. The zero-order valence-electron chi connectivity index (χ0n) is 12.0. The summed E-state index contributed by atoms with van der Waals surface area (Å²) in [6.45, 7) is 2.24. The molecule has 1 aliphatic carbocycles. The summed E-state index contributed by atoms with van der Waals surface area (Å²) in [6.07, 6.45) is 7.72. The molecule has 1 atom stereocenters. The van der Waals surface area contributed by atoms with Crippen LogP contribution < -0.4 is 5.43 Å². The van der Waals surface area contributed by atoms with Gasteiger partial charge in [-0.15, -0.1) is 11.3 Å². The first kappa shape index (κ1) is 14.1. The summed E-state index contributed by atoms with van der Waals surface area (Å²) in [5.74, 6) is 1.23. The molecule has 21 heavy (non-hydrogen) atoms. The van der Waals surface area contributed by atoms with Crippen molar-refractivity contribution in [2.24, 2.45) is 11.0 Å². The summed E-state index contributed by atoms with van der Waals surface area (Å²) < 4.78 is 5.11. The van der Waals surface area contributed by atoms with Gasteiger partial charge in [0, 0.05) is 4.88 Å². The highest BCUT2D eigenvalue weighted by Gasteiger charge is 2.21. The fourth-order valence-electron chi connectivity index (χ4n) is 2.63. The highest BCUT2D eigenvalue weighted by Crippen LogP contribution is 2.33. The molecule has 1 unspecified atom stereocenters. The van der Waals surface area contributed by atoms with Crippen LogP contribution in [-0.2, 0) is 12.8 Å². The van der Waals surface area contributed by atoms with Gasteiger partial charge in [-0.25, -0.2) is 5.43 Å². The molecule has 0 radical (unpaired) electrons. The number of nitrogens with one attached hydrogen (secondary N) is 1. The first-order chi connectivity index (χ1) is 10.3. The Morgan fingerprint density at radius 1 is 1.62 bits per heavy atom. The molecule has 0 spiro atoms. The van der Waals surface area contributed by atoms with Crippen molar-refractivity contribution in [1.29, 1.82) is 0 Å². The molecule has 0 bridgehead atoms. The number of amides is 1. The van der Waals surface area contributed by atoms with Crippen molar-refractivity contribution in [3.05, 3.63) is 45.5 Å². The van der Waals surface area contributed by atoms with Crippen molar-refractivity contribution in [2.45, 2.75) is 32.6 Å². The van der Waals surface area contributed by atoms with Gasteiger partial charge in [0.2, 0.25) is 0 Å². The lowest BCUT2D eigenvalue weighted by Crippen LogP contribution is -2.16. The van der Waals surface area contributed by atoms with Crippen molar-refractivity contribution in [1.82, 2.24) is 5.43 Å². The summed E-state index contributed by atoms with van der Waals surface area (Å²) in [4.78, 5) is 14.2. The van der Waals surface area contributed by atoms with E-state index in [1.807, 2.05) is 6.07 Å². The lowest BCUT2D eigenvalue weighted by molar-refractivity contribution is 0.0959. The average Bonchev–Trinajstić information content (AvgIpc) is 3.15. The van der Waals surface area contributed by atoms with Gasteiger partial charge in [-0.3, -0.25) is 4.79 Å². The molecule has 1 amide bonds. The minimum Gasteiger partial charge on any atom is -0.463 e. The first-order valence-corrected chi connectivity index (χ1v) is 8.06. The predicted molar refractivity (Wildman–Crippen MR) is 83.9 cm³/mol. The van der Waals surface area contributed by atoms with Crippen LogP contribution in [0.3, 0.4) is 0 Å². The Morgan fingerprint density at radius 2 is 2.52 bits per heavy atom. The summed E-state index contributed by atoms with van der Waals surface area (Å²) in [6, 6.07) is 5.59. The van der Waals surface area contributed by atoms with Crippen LogP contribution in [0.25, 0.3) is 0 Å². The third-order valence-corrected chi connectivity index (χ3v) is 5.12. The normalized spacial score (nSPS) is 17.9. The van der Waals surface area contributed by atoms with E-state index in [-0.39, 0.29) is 5.91 Å². The fraction of sp³-hybridized carbons (Fsp3) is 0.375. The van der Waals surface area contributed by atoms with Gasteiger partial charge >= 0.3 is 0 Å². The Morgan fingerprint density at radius 3 is 3.29 bits per heavy atom. The van der Waals surface area contributed by atoms with Crippen LogP contribution in [0.15, 0.2) is 34.0 Å². The molecular weight excluding hydrogens is 284 g/mol. The van der Waals surface area contributed by atoms with Crippen molar-refractivity contribution in [3.8, 4) is 0 Å². The second kappa shape index (κ2) is 6.26. The Labute approximate surface area is 127 Å². The largest absolute Gasteiger partial charge is 0.463 e. The highest BCUT2D eigenvalue weighted by atomic mass is 32.1. The van der Waals surface area contributed by atoms with Crippen LogP contribution in [-0.4, -0.2) is 12.1 Å². The first-order valence-electron chi connectivity index (χ1n) is 7.24. The van der Waals surface area contributed by atoms with Crippen molar-refractivity contribution in [3.63, 3.8) is 0 Å². The van der Waals surface area contributed by atoms with Gasteiger partial charge in [0.15, 0.2) is 0 Å². The van der Waals surface area contributed by atoms with E-state index >= 15 is 0 Å². The molecular formula is C16H18N2O2S. The molecule has 0 saturated carbocycles. The van der Waals surface area contributed by atoms with Crippen molar-refractivity contribution >= 4 is 23.5 Å². The number of aryl methyl sites for hydroxylation is 1. The van der Waals surface area contributed by atoms with E-state index in [1.165, 1.54) is 29.5 Å². The summed E-state index contributed by atoms with van der Waals surface area (Å²) in [5, 5.41) is 3.92. The Balaban J connectivity index is 1.64. The van der Waals surface area contributed by atoms with Crippen molar-refractivity contribution in [2.75, 3.05) is 0 Å². The van der Waals surface area contributed by atoms with Gasteiger partial charge in [0.05, 0.1) is 17.4 Å². The quantitative estimate of drug-likeness (QED) is 0.692. The molecule has 4 nitrogen and oxygen atoms in total. The van der Waals surface area contributed by atoms with Gasteiger partial charge in [0.25, 0.3) is 5.91 Å². The number of thiophene rings is 1. The SMILES string of the molecule is CCC1CCc2sc(C(=O)NN=Cc3ccco3)cc2C1. The van der Waals surface area contributed by atoms with Crippen molar-refractivity contribution < 1.29 is 9.21 Å². The number of hydrogen-bond donors (Lipinski definition) is 1. The van der Waals surface area contributed by atoms with Crippen LogP contribution in [0.2, 0.25) is 0 Å². The van der Waals surface area contributed by atoms with Crippen LogP contribution >= 0.6 is 11.3 Å². The lowest BCUT2D eigenvalue weighted by Gasteiger charge is -2.19. The van der Waals surface area contributed by atoms with Crippen LogP contribution in [0.1, 0.15) is 45.6 Å². The lowest BCUT2D eigenvalue weighted by atomic mass is 9.87. The van der Waals surface area contributed by atoms with Gasteiger partial charge < -0.3 is 4.42 Å². The molecule has 110 valence electrons. The standard InChI is InChI=1S/C16H18N2O2S/c1-2-11-5-6-14-12(8-11)9-15(21-14)16(19)18-17-10-13-4-3-7-20-13/h3-4,7,9-11H,2,5-6,8H2,1H3,(H,18,19). The minimum atomic E-state index is -0.148. The predicted octanol–water partition coefficient (Wildman–Crippen LogP) is 3.62. The number of carbonyl (C=O) groups excluding carboxylic acids is 1. The third kappa shape index (κ3) is 3.24. The maximum absolute atomic E-state index is 12.1. The Hall–Kier alpha value is -1.88. The van der Waals surface area contributed by atoms with E-state index in [4.69, 9.17) is 4.42 Å². The van der Waals surface area contributed by atoms with E-state index in [9.17, 15) is 4.79 Å². The molecule has 5 heteroatoms. The molecule has 1 N–H and O–H groups in total. The number of hydrazone groups is 1. The van der Waals surface area contributed by atoms with E-state index in [0.29, 0.717) is 5.76 Å². The number of furan rings is 1. The van der Waals surface area contributed by atoms with Crippen LogP contribution in [0.5, 0.6) is 0 Å². The van der Waals surface area contributed by atoms with E-state index in [2.05, 4.69) is 17.5 Å². The number of hydrogen-bond acceptors (Lipinski definition) is 4. The average molecular weight is 302 g/mol. The summed E-state index contributed by atoms with van der Waals surface area (Å²) in [7, 11) is 0. The monoisotopic (exact) mass is 302 g/mol. The smallest absolute Gasteiger partial charge is 0.281 e. The minimum absolute atomic E-state index is 0.148. The Kier molecular flexibility index (Phi) is 4.20. The zero-order valence-corrected chi connectivity index (χ0v) is 12.8. The van der Waals surface area contributed by atoms with Gasteiger partial charge in [0.1, 0.15) is 5.76 Å². The van der Waals surface area contributed by atoms with Gasteiger partial charge in [-0.2, -0.15) is 5.10 Å². The van der Waals surface area contributed by atoms with E-state index in [0.717, 1.165) is 23.6 Å². The molecule has 2 aromatic rings. The molecule has 1 aliphatic rings. The topological polar surface area (TPSA) is 54.6 Å².